The van der Waals surface area contributed by atoms with Crippen LogP contribution in [0.1, 0.15) is 36.8 Å². The van der Waals surface area contributed by atoms with Crippen molar-refractivity contribution in [3.63, 3.8) is 0 Å². The van der Waals surface area contributed by atoms with Crippen molar-refractivity contribution in [1.29, 1.82) is 0 Å². The molecule has 2 aliphatic rings. The Kier molecular flexibility index (Phi) is 11.8. The molecule has 0 saturated carbocycles. The highest BCUT2D eigenvalue weighted by Gasteiger charge is 2.27. The van der Waals surface area contributed by atoms with Gasteiger partial charge in [-0.1, -0.05) is 71.2 Å². The standard InChI is InChI=1S/C42H44N6O5S2/c49-39(45-36(30-17-21-43-22-18-30)25-28-9-13-32(14-10-28)52-41-46-34-5-1-3-7-37(34)54-41)27-51-40(50)44-31-19-23-48(24-20-31)26-29-11-15-33(16-12-29)53-42-47-35-6-2-4-8-38(35)55-42/h1-16,30-31,36,43H,17-27H2,(H,44,50)(H,45,49). The molecular formula is C42H44N6O5S2. The molecule has 6 aromatic rings. The van der Waals surface area contributed by atoms with Gasteiger partial charge in [0.2, 0.25) is 0 Å². The van der Waals surface area contributed by atoms with Gasteiger partial charge in [-0.2, -0.15) is 0 Å². The van der Waals surface area contributed by atoms with Crippen LogP contribution in [0, 0.1) is 5.92 Å². The van der Waals surface area contributed by atoms with E-state index in [0.717, 1.165) is 90.2 Å². The molecular weight excluding hydrogens is 733 g/mol. The molecule has 13 heteroatoms. The van der Waals surface area contributed by atoms with E-state index in [-0.39, 0.29) is 24.6 Å². The van der Waals surface area contributed by atoms with Gasteiger partial charge < -0.3 is 30.2 Å². The van der Waals surface area contributed by atoms with Gasteiger partial charge in [0.15, 0.2) is 6.61 Å². The zero-order valence-corrected chi connectivity index (χ0v) is 32.1. The molecule has 1 atom stereocenters. The Labute approximate surface area is 328 Å². The third-order valence-electron chi connectivity index (χ3n) is 10.2. The SMILES string of the molecule is O=C(COC(=O)NC1CCN(Cc2ccc(Oc3nc4ccccc4s3)cc2)CC1)NC(Cc1ccc(Oc2nc3ccccc3s2)cc1)C1CCNCC1. The van der Waals surface area contributed by atoms with Gasteiger partial charge in [-0.3, -0.25) is 9.69 Å². The molecule has 0 spiro atoms. The lowest BCUT2D eigenvalue weighted by Gasteiger charge is -2.32. The fourth-order valence-corrected chi connectivity index (χ4v) is 8.93. The van der Waals surface area contributed by atoms with E-state index in [4.69, 9.17) is 14.2 Å². The predicted molar refractivity (Wildman–Crippen MR) is 216 cm³/mol. The fraction of sp³-hybridized carbons (Fsp3) is 0.333. The zero-order valence-electron chi connectivity index (χ0n) is 30.4. The molecule has 8 rings (SSSR count). The van der Waals surface area contributed by atoms with Gasteiger partial charge in [0.25, 0.3) is 16.3 Å². The Bertz CT molecular complexity index is 2130. The molecule has 2 aromatic heterocycles. The summed E-state index contributed by atoms with van der Waals surface area (Å²) in [5, 5.41) is 10.8. The third kappa shape index (κ3) is 9.97. The number of benzene rings is 4. The summed E-state index contributed by atoms with van der Waals surface area (Å²) in [6, 6.07) is 32.0. The van der Waals surface area contributed by atoms with Crippen LogP contribution in [0.5, 0.6) is 21.9 Å². The summed E-state index contributed by atoms with van der Waals surface area (Å²) in [7, 11) is 0. The molecule has 2 saturated heterocycles. The van der Waals surface area contributed by atoms with Crippen LogP contribution >= 0.6 is 22.7 Å². The number of rotatable bonds is 13. The van der Waals surface area contributed by atoms with E-state index in [9.17, 15) is 9.59 Å². The smallest absolute Gasteiger partial charge is 0.407 e. The average Bonchev–Trinajstić information content (AvgIpc) is 3.82. The predicted octanol–water partition coefficient (Wildman–Crippen LogP) is 7.91. The first-order valence-electron chi connectivity index (χ1n) is 18.9. The number of fused-ring (bicyclic) bond motifs is 2. The Balaban J connectivity index is 0.762. The van der Waals surface area contributed by atoms with E-state index >= 15 is 0 Å². The molecule has 0 bridgehead atoms. The van der Waals surface area contributed by atoms with Crippen molar-refractivity contribution in [3.8, 4) is 21.9 Å². The number of carbonyl (C=O) groups is 2. The van der Waals surface area contributed by atoms with Crippen molar-refractivity contribution in [2.45, 2.75) is 50.7 Å². The number of thiazole rings is 2. The summed E-state index contributed by atoms with van der Waals surface area (Å²) >= 11 is 3.05. The number of ether oxygens (including phenoxy) is 3. The summed E-state index contributed by atoms with van der Waals surface area (Å²) in [5.74, 6) is 1.51. The second-order valence-corrected chi connectivity index (χ2v) is 16.1. The van der Waals surface area contributed by atoms with Gasteiger partial charge in [0.1, 0.15) is 11.5 Å². The van der Waals surface area contributed by atoms with Crippen molar-refractivity contribution in [3.05, 3.63) is 108 Å². The number of likely N-dealkylation sites (tertiary alicyclic amines) is 1. The van der Waals surface area contributed by atoms with Gasteiger partial charge in [0.05, 0.1) is 20.4 Å². The van der Waals surface area contributed by atoms with Crippen molar-refractivity contribution in [2.75, 3.05) is 32.8 Å². The van der Waals surface area contributed by atoms with E-state index in [1.807, 2.05) is 84.9 Å². The molecule has 4 heterocycles. The summed E-state index contributed by atoms with van der Waals surface area (Å²) in [4.78, 5) is 37.3. The van der Waals surface area contributed by atoms with Crippen molar-refractivity contribution >= 4 is 55.1 Å². The highest BCUT2D eigenvalue weighted by molar-refractivity contribution is 7.20. The van der Waals surface area contributed by atoms with Crippen LogP contribution in [0.4, 0.5) is 4.79 Å². The molecule has 284 valence electrons. The lowest BCUT2D eigenvalue weighted by Crippen LogP contribution is -2.48. The van der Waals surface area contributed by atoms with Gasteiger partial charge in [-0.15, -0.1) is 0 Å². The largest absolute Gasteiger partial charge is 0.439 e. The second-order valence-electron chi connectivity index (χ2n) is 14.1. The molecule has 3 N–H and O–H groups in total. The molecule has 11 nitrogen and oxygen atoms in total. The average molecular weight is 777 g/mol. The molecule has 4 aromatic carbocycles. The number of amides is 2. The quantitative estimate of drug-likeness (QED) is 0.107. The minimum Gasteiger partial charge on any atom is -0.439 e. The highest BCUT2D eigenvalue weighted by atomic mass is 32.1. The van der Waals surface area contributed by atoms with Crippen LogP contribution in [0.25, 0.3) is 20.4 Å². The van der Waals surface area contributed by atoms with E-state index in [1.54, 1.807) is 0 Å². The maximum atomic E-state index is 13.1. The first-order valence-corrected chi connectivity index (χ1v) is 20.5. The van der Waals surface area contributed by atoms with E-state index in [0.29, 0.717) is 28.5 Å². The number of nitrogens with one attached hydrogen (secondary N) is 3. The van der Waals surface area contributed by atoms with Crippen LogP contribution in [0.15, 0.2) is 97.1 Å². The maximum absolute atomic E-state index is 13.1. The first kappa shape index (κ1) is 36.9. The summed E-state index contributed by atoms with van der Waals surface area (Å²) < 4.78 is 19.6. The maximum Gasteiger partial charge on any atom is 0.407 e. The summed E-state index contributed by atoms with van der Waals surface area (Å²) in [5.41, 5.74) is 4.15. The monoisotopic (exact) mass is 776 g/mol. The fourth-order valence-electron chi connectivity index (χ4n) is 7.27. The Morgan fingerprint density at radius 1 is 0.745 bits per heavy atom. The number of aromatic nitrogens is 2. The Morgan fingerprint density at radius 2 is 1.31 bits per heavy atom. The highest BCUT2D eigenvalue weighted by Crippen LogP contribution is 2.33. The molecule has 0 radical (unpaired) electrons. The normalized spacial score (nSPS) is 16.1. The van der Waals surface area contributed by atoms with E-state index < -0.39 is 6.09 Å². The summed E-state index contributed by atoms with van der Waals surface area (Å²) in [6.45, 7) is 4.02. The molecule has 1 unspecified atom stereocenters. The lowest BCUT2D eigenvalue weighted by atomic mass is 9.86. The molecule has 2 amide bonds. The third-order valence-corrected chi connectivity index (χ3v) is 12.0. The van der Waals surface area contributed by atoms with Crippen molar-refractivity contribution < 1.29 is 23.8 Å². The van der Waals surface area contributed by atoms with Gasteiger partial charge in [0, 0.05) is 31.7 Å². The minimum atomic E-state index is -0.556. The van der Waals surface area contributed by atoms with Gasteiger partial charge in [-0.05, 0) is 111 Å². The van der Waals surface area contributed by atoms with Crippen molar-refractivity contribution in [1.82, 2.24) is 30.8 Å². The van der Waals surface area contributed by atoms with Crippen LogP contribution in [0.2, 0.25) is 0 Å². The topological polar surface area (TPSA) is 127 Å². The number of nitrogens with zero attached hydrogens (tertiary/aromatic N) is 3. The zero-order chi connectivity index (χ0) is 37.4. The van der Waals surface area contributed by atoms with E-state index in [2.05, 4.69) is 43.0 Å². The number of para-hydroxylation sites is 2. The summed E-state index contributed by atoms with van der Waals surface area (Å²) in [6.07, 6.45) is 3.66. The molecule has 2 fully saturated rings. The Morgan fingerprint density at radius 3 is 1.89 bits per heavy atom. The minimum absolute atomic E-state index is 0.000454. The number of hydrogen-bond acceptors (Lipinski definition) is 11. The molecule has 2 aliphatic heterocycles. The number of alkyl carbamates (subject to hydrolysis) is 1. The van der Waals surface area contributed by atoms with Crippen molar-refractivity contribution in [2.24, 2.45) is 5.92 Å². The first-order chi connectivity index (χ1) is 27.0. The van der Waals surface area contributed by atoms with Crippen LogP contribution in [0.3, 0.4) is 0 Å². The van der Waals surface area contributed by atoms with E-state index in [1.165, 1.54) is 28.2 Å². The Hall–Kier alpha value is -5.08. The van der Waals surface area contributed by atoms with Gasteiger partial charge in [-0.25, -0.2) is 14.8 Å². The number of hydrogen-bond donors (Lipinski definition) is 3. The van der Waals surface area contributed by atoms with Crippen LogP contribution in [-0.4, -0.2) is 71.7 Å². The number of piperidine rings is 2. The second kappa shape index (κ2) is 17.6. The lowest BCUT2D eigenvalue weighted by molar-refractivity contribution is -0.125. The van der Waals surface area contributed by atoms with Crippen LogP contribution in [-0.2, 0) is 22.5 Å². The number of carbonyl (C=O) groups excluding carboxylic acids is 2. The molecule has 55 heavy (non-hydrogen) atoms. The van der Waals surface area contributed by atoms with Gasteiger partial charge >= 0.3 is 6.09 Å². The van der Waals surface area contributed by atoms with Crippen LogP contribution < -0.4 is 25.4 Å². The molecule has 0 aliphatic carbocycles.